The van der Waals surface area contributed by atoms with Gasteiger partial charge in [0.2, 0.25) is 5.91 Å². The topological polar surface area (TPSA) is 58.2 Å². The molecule has 1 rings (SSSR count). The smallest absolute Gasteiger partial charge is 0.253 e. The van der Waals surface area contributed by atoms with Crippen LogP contribution in [0.15, 0.2) is 18.2 Å². The average Bonchev–Trinajstić information content (AvgIpc) is 2.35. The molecule has 4 nitrogen and oxygen atoms in total. The van der Waals surface area contributed by atoms with Crippen LogP contribution in [0.2, 0.25) is 5.02 Å². The molecule has 0 aliphatic carbocycles. The Morgan fingerprint density at radius 1 is 1.30 bits per heavy atom. The molecule has 0 unspecified atom stereocenters. The van der Waals surface area contributed by atoms with Crippen molar-refractivity contribution < 1.29 is 9.59 Å². The Kier molecular flexibility index (Phi) is 6.52. The summed E-state index contributed by atoms with van der Waals surface area (Å²) in [6, 6.07) is 4.86. The fraction of sp³-hybridized carbons (Fsp3) is 0.467. The monoisotopic (exact) mass is 296 g/mol. The highest BCUT2D eigenvalue weighted by Gasteiger charge is 2.14. The van der Waals surface area contributed by atoms with Gasteiger partial charge in [0.25, 0.3) is 5.91 Å². The summed E-state index contributed by atoms with van der Waals surface area (Å²) in [5.41, 5.74) is 0.886. The molecule has 110 valence electrons. The summed E-state index contributed by atoms with van der Waals surface area (Å²) in [5, 5.41) is 6.03. The fourth-order valence-corrected chi connectivity index (χ4v) is 1.90. The van der Waals surface area contributed by atoms with E-state index in [0.717, 1.165) is 6.42 Å². The molecule has 0 heterocycles. The van der Waals surface area contributed by atoms with Gasteiger partial charge in [-0.1, -0.05) is 32.4 Å². The van der Waals surface area contributed by atoms with Crippen LogP contribution in [0.1, 0.15) is 44.0 Å². The molecule has 0 saturated carbocycles. The number of amides is 2. The maximum Gasteiger partial charge on any atom is 0.253 e. The first-order chi connectivity index (χ1) is 9.43. The van der Waals surface area contributed by atoms with E-state index < -0.39 is 0 Å². The number of halogens is 1. The first-order valence-electron chi connectivity index (χ1n) is 6.81. The van der Waals surface area contributed by atoms with Crippen molar-refractivity contribution in [3.8, 4) is 0 Å². The van der Waals surface area contributed by atoms with Gasteiger partial charge in [0.1, 0.15) is 0 Å². The van der Waals surface area contributed by atoms with Crippen LogP contribution in [0.25, 0.3) is 0 Å². The molecule has 1 aromatic rings. The molecule has 2 amide bonds. The van der Waals surface area contributed by atoms with Crippen molar-refractivity contribution in [2.45, 2.75) is 33.6 Å². The SMILES string of the molecule is CCCNC(=O)c1ccc(Cl)cc1NC(=O)CC(C)C. The summed E-state index contributed by atoms with van der Waals surface area (Å²) in [6.07, 6.45) is 1.26. The second kappa shape index (κ2) is 7.90. The van der Waals surface area contributed by atoms with Gasteiger partial charge in [-0.2, -0.15) is 0 Å². The zero-order valence-corrected chi connectivity index (χ0v) is 12.9. The predicted molar refractivity (Wildman–Crippen MR) is 82.2 cm³/mol. The van der Waals surface area contributed by atoms with E-state index in [2.05, 4.69) is 10.6 Å². The molecular weight excluding hydrogens is 276 g/mol. The molecule has 2 N–H and O–H groups in total. The molecule has 0 radical (unpaired) electrons. The highest BCUT2D eigenvalue weighted by Crippen LogP contribution is 2.21. The van der Waals surface area contributed by atoms with E-state index in [1.165, 1.54) is 0 Å². The maximum atomic E-state index is 12.0. The molecular formula is C15H21ClN2O2. The minimum atomic E-state index is -0.205. The molecule has 0 aromatic heterocycles. The number of benzene rings is 1. The van der Waals surface area contributed by atoms with Gasteiger partial charge in [-0.05, 0) is 30.5 Å². The summed E-state index contributed by atoms with van der Waals surface area (Å²) in [4.78, 5) is 23.9. The van der Waals surface area contributed by atoms with E-state index in [1.54, 1.807) is 18.2 Å². The van der Waals surface area contributed by atoms with E-state index in [0.29, 0.717) is 29.2 Å². The van der Waals surface area contributed by atoms with Crippen LogP contribution in [0.4, 0.5) is 5.69 Å². The van der Waals surface area contributed by atoms with Gasteiger partial charge in [0.15, 0.2) is 0 Å². The zero-order valence-electron chi connectivity index (χ0n) is 12.1. The molecule has 5 heteroatoms. The minimum Gasteiger partial charge on any atom is -0.352 e. The summed E-state index contributed by atoms with van der Waals surface area (Å²) in [6.45, 7) is 6.51. The van der Waals surface area contributed by atoms with Crippen LogP contribution in [-0.4, -0.2) is 18.4 Å². The van der Waals surface area contributed by atoms with Gasteiger partial charge in [-0.15, -0.1) is 0 Å². The van der Waals surface area contributed by atoms with Crippen molar-refractivity contribution in [3.63, 3.8) is 0 Å². The first-order valence-corrected chi connectivity index (χ1v) is 7.19. The molecule has 20 heavy (non-hydrogen) atoms. The number of hydrogen-bond donors (Lipinski definition) is 2. The maximum absolute atomic E-state index is 12.0. The highest BCUT2D eigenvalue weighted by molar-refractivity contribution is 6.31. The van der Waals surface area contributed by atoms with Crippen molar-refractivity contribution in [2.75, 3.05) is 11.9 Å². The standard InChI is InChI=1S/C15H21ClN2O2/c1-4-7-17-15(20)12-6-5-11(16)9-13(12)18-14(19)8-10(2)3/h5-6,9-10H,4,7-8H2,1-3H3,(H,17,20)(H,18,19). The Labute approximate surface area is 124 Å². The third kappa shape index (κ3) is 5.21. The summed E-state index contributed by atoms with van der Waals surface area (Å²) in [5.74, 6) is -0.0678. The Bertz CT molecular complexity index is 487. The molecule has 1 aromatic carbocycles. The largest absolute Gasteiger partial charge is 0.352 e. The third-order valence-corrected chi connectivity index (χ3v) is 2.86. The van der Waals surface area contributed by atoms with Gasteiger partial charge >= 0.3 is 0 Å². The van der Waals surface area contributed by atoms with Gasteiger partial charge in [-0.3, -0.25) is 9.59 Å². The Morgan fingerprint density at radius 2 is 2.00 bits per heavy atom. The number of anilines is 1. The fourth-order valence-electron chi connectivity index (χ4n) is 1.72. The lowest BCUT2D eigenvalue weighted by molar-refractivity contribution is -0.116. The molecule has 0 aliphatic heterocycles. The van der Waals surface area contributed by atoms with E-state index in [9.17, 15) is 9.59 Å². The number of carbonyl (C=O) groups excluding carboxylic acids is 2. The van der Waals surface area contributed by atoms with E-state index >= 15 is 0 Å². The zero-order chi connectivity index (χ0) is 15.1. The van der Waals surface area contributed by atoms with Crippen molar-refractivity contribution in [1.82, 2.24) is 5.32 Å². The number of hydrogen-bond acceptors (Lipinski definition) is 2. The average molecular weight is 297 g/mol. The third-order valence-electron chi connectivity index (χ3n) is 2.63. The van der Waals surface area contributed by atoms with Crippen LogP contribution in [0.3, 0.4) is 0 Å². The highest BCUT2D eigenvalue weighted by atomic mass is 35.5. The minimum absolute atomic E-state index is 0.119. The quantitative estimate of drug-likeness (QED) is 0.844. The van der Waals surface area contributed by atoms with Gasteiger partial charge in [0, 0.05) is 18.0 Å². The van der Waals surface area contributed by atoms with Crippen LogP contribution in [-0.2, 0) is 4.79 Å². The van der Waals surface area contributed by atoms with Crippen molar-refractivity contribution >= 4 is 29.1 Å². The van der Waals surface area contributed by atoms with Crippen molar-refractivity contribution in [2.24, 2.45) is 5.92 Å². The molecule has 0 bridgehead atoms. The second-order valence-electron chi connectivity index (χ2n) is 5.09. The Morgan fingerprint density at radius 3 is 2.60 bits per heavy atom. The summed E-state index contributed by atoms with van der Waals surface area (Å²) < 4.78 is 0. The van der Waals surface area contributed by atoms with E-state index in [1.807, 2.05) is 20.8 Å². The number of nitrogens with one attached hydrogen (secondary N) is 2. The lowest BCUT2D eigenvalue weighted by atomic mass is 10.1. The van der Waals surface area contributed by atoms with Gasteiger partial charge in [0.05, 0.1) is 11.3 Å². The normalized spacial score (nSPS) is 10.4. The summed E-state index contributed by atoms with van der Waals surface area (Å²) in [7, 11) is 0. The van der Waals surface area contributed by atoms with Gasteiger partial charge in [-0.25, -0.2) is 0 Å². The number of carbonyl (C=O) groups is 2. The lowest BCUT2D eigenvalue weighted by Gasteiger charge is -2.12. The molecule has 0 fully saturated rings. The first kappa shape index (κ1) is 16.5. The van der Waals surface area contributed by atoms with Crippen LogP contribution in [0, 0.1) is 5.92 Å². The summed E-state index contributed by atoms with van der Waals surface area (Å²) >= 11 is 5.93. The predicted octanol–water partition coefficient (Wildman–Crippen LogP) is 3.46. The molecule has 0 atom stereocenters. The van der Waals surface area contributed by atoms with Crippen LogP contribution in [0.5, 0.6) is 0 Å². The molecule has 0 saturated heterocycles. The van der Waals surface area contributed by atoms with E-state index in [4.69, 9.17) is 11.6 Å². The second-order valence-corrected chi connectivity index (χ2v) is 5.53. The lowest BCUT2D eigenvalue weighted by Crippen LogP contribution is -2.26. The Hall–Kier alpha value is -1.55. The van der Waals surface area contributed by atoms with Gasteiger partial charge < -0.3 is 10.6 Å². The van der Waals surface area contributed by atoms with E-state index in [-0.39, 0.29) is 17.7 Å². The molecule has 0 spiro atoms. The van der Waals surface area contributed by atoms with Crippen molar-refractivity contribution in [3.05, 3.63) is 28.8 Å². The molecule has 0 aliphatic rings. The number of rotatable bonds is 6. The van der Waals surface area contributed by atoms with Crippen LogP contribution >= 0.6 is 11.6 Å². The Balaban J connectivity index is 2.90. The van der Waals surface area contributed by atoms with Crippen LogP contribution < -0.4 is 10.6 Å². The van der Waals surface area contributed by atoms with Crippen molar-refractivity contribution in [1.29, 1.82) is 0 Å².